The summed E-state index contributed by atoms with van der Waals surface area (Å²) in [6.45, 7) is 0. The predicted octanol–water partition coefficient (Wildman–Crippen LogP) is 5.46. The molecule has 0 saturated heterocycles. The number of ketones is 1. The molecule has 0 spiro atoms. The maximum atomic E-state index is 14.5. The zero-order chi connectivity index (χ0) is 28.7. The van der Waals surface area contributed by atoms with Crippen LogP contribution in [0.15, 0.2) is 146 Å². The topological polar surface area (TPSA) is 89.3 Å². The monoisotopic (exact) mass is 538 g/mol. The van der Waals surface area contributed by atoms with Crippen LogP contribution >= 0.6 is 0 Å². The molecule has 0 saturated carbocycles. The van der Waals surface area contributed by atoms with Gasteiger partial charge >= 0.3 is 0 Å². The molecule has 0 fully saturated rings. The number of hydrogen-bond donors (Lipinski definition) is 2. The molecule has 5 aromatic rings. The van der Waals surface area contributed by atoms with E-state index in [1.54, 1.807) is 36.4 Å². The molecule has 0 aliphatic heterocycles. The second-order valence-electron chi connectivity index (χ2n) is 9.87. The zero-order valence-corrected chi connectivity index (χ0v) is 22.4. The molecule has 0 radical (unpaired) electrons. The third kappa shape index (κ3) is 5.70. The van der Waals surface area contributed by atoms with Crippen molar-refractivity contribution in [2.24, 2.45) is 5.73 Å². The lowest BCUT2D eigenvalue weighted by molar-refractivity contribution is -0.129. The van der Waals surface area contributed by atoms with Gasteiger partial charge in [-0.1, -0.05) is 146 Å². The normalized spacial score (nSPS) is 11.8. The summed E-state index contributed by atoms with van der Waals surface area (Å²) < 4.78 is 0. The van der Waals surface area contributed by atoms with Crippen molar-refractivity contribution in [1.82, 2.24) is 5.32 Å². The van der Waals surface area contributed by atoms with Gasteiger partial charge in [0.2, 0.25) is 11.8 Å². The maximum absolute atomic E-state index is 14.5. The van der Waals surface area contributed by atoms with Gasteiger partial charge < -0.3 is 11.1 Å². The Bertz CT molecular complexity index is 1520. The van der Waals surface area contributed by atoms with Crippen LogP contribution in [0.1, 0.15) is 38.2 Å². The van der Waals surface area contributed by atoms with Crippen molar-refractivity contribution in [3.8, 4) is 0 Å². The molecule has 5 heteroatoms. The van der Waals surface area contributed by atoms with Gasteiger partial charge in [0.15, 0.2) is 5.78 Å². The molecule has 0 unspecified atom stereocenters. The summed E-state index contributed by atoms with van der Waals surface area (Å²) in [7, 11) is 0. The quantitative estimate of drug-likeness (QED) is 0.183. The third-order valence-electron chi connectivity index (χ3n) is 7.30. The van der Waals surface area contributed by atoms with Crippen LogP contribution in [0.25, 0.3) is 0 Å². The first-order chi connectivity index (χ1) is 20.0. The van der Waals surface area contributed by atoms with Gasteiger partial charge in [-0.3, -0.25) is 14.4 Å². The Morgan fingerprint density at radius 2 is 0.951 bits per heavy atom. The second-order valence-corrected chi connectivity index (χ2v) is 9.87. The molecule has 41 heavy (non-hydrogen) atoms. The summed E-state index contributed by atoms with van der Waals surface area (Å²) in [5, 5.41) is 2.98. The van der Waals surface area contributed by atoms with Gasteiger partial charge in [-0.25, -0.2) is 0 Å². The van der Waals surface area contributed by atoms with E-state index < -0.39 is 17.4 Å². The molecule has 5 rings (SSSR count). The van der Waals surface area contributed by atoms with E-state index in [-0.39, 0.29) is 18.1 Å². The smallest absolute Gasteiger partial charge is 0.240 e. The maximum Gasteiger partial charge on any atom is 0.240 e. The van der Waals surface area contributed by atoms with Crippen LogP contribution < -0.4 is 11.1 Å². The Morgan fingerprint density at radius 3 is 1.37 bits per heavy atom. The molecule has 2 amide bonds. The van der Waals surface area contributed by atoms with Crippen molar-refractivity contribution >= 4 is 17.6 Å². The largest absolute Gasteiger partial charge is 0.368 e. The lowest BCUT2D eigenvalue weighted by Gasteiger charge is -2.35. The van der Waals surface area contributed by atoms with Gasteiger partial charge in [0.25, 0.3) is 0 Å². The van der Waals surface area contributed by atoms with E-state index in [1.165, 1.54) is 0 Å². The number of nitrogens with one attached hydrogen (secondary N) is 1. The minimum absolute atomic E-state index is 0.0877. The van der Waals surface area contributed by atoms with E-state index in [4.69, 9.17) is 5.73 Å². The molecule has 5 nitrogen and oxygen atoms in total. The molecule has 0 heterocycles. The van der Waals surface area contributed by atoms with E-state index in [1.807, 2.05) is 109 Å². The summed E-state index contributed by atoms with van der Waals surface area (Å²) >= 11 is 0. The first-order valence-corrected chi connectivity index (χ1v) is 13.5. The highest BCUT2D eigenvalue weighted by molar-refractivity contribution is 6.09. The van der Waals surface area contributed by atoms with Crippen molar-refractivity contribution in [2.45, 2.75) is 17.9 Å². The van der Waals surface area contributed by atoms with Crippen LogP contribution in [0.2, 0.25) is 0 Å². The third-order valence-corrected chi connectivity index (χ3v) is 7.30. The fourth-order valence-electron chi connectivity index (χ4n) is 5.23. The van der Waals surface area contributed by atoms with Gasteiger partial charge in [-0.2, -0.15) is 0 Å². The van der Waals surface area contributed by atoms with Gasteiger partial charge in [0, 0.05) is 17.5 Å². The van der Waals surface area contributed by atoms with E-state index >= 15 is 0 Å². The van der Waals surface area contributed by atoms with Crippen molar-refractivity contribution in [1.29, 1.82) is 0 Å². The first-order valence-electron chi connectivity index (χ1n) is 13.5. The number of hydrogen-bond acceptors (Lipinski definition) is 3. The first kappa shape index (κ1) is 27.3. The number of primary amides is 1. The molecular weight excluding hydrogens is 508 g/mol. The van der Waals surface area contributed by atoms with Gasteiger partial charge in [-0.15, -0.1) is 0 Å². The highest BCUT2D eigenvalue weighted by Gasteiger charge is 2.44. The number of amides is 2. The number of benzene rings is 5. The lowest BCUT2D eigenvalue weighted by atomic mass is 9.68. The minimum Gasteiger partial charge on any atom is -0.368 e. The molecule has 0 aromatic heterocycles. The minimum atomic E-state index is -1.23. The van der Waals surface area contributed by atoms with Crippen molar-refractivity contribution in [3.05, 3.63) is 179 Å². The van der Waals surface area contributed by atoms with Crippen LogP contribution in [0.4, 0.5) is 0 Å². The molecule has 202 valence electrons. The lowest BCUT2D eigenvalue weighted by Crippen LogP contribution is -2.54. The van der Waals surface area contributed by atoms with Gasteiger partial charge in [-0.05, 0) is 22.3 Å². The summed E-state index contributed by atoms with van der Waals surface area (Å²) in [5.74, 6) is -1.10. The highest BCUT2D eigenvalue weighted by Crippen LogP contribution is 2.39. The Morgan fingerprint density at radius 1 is 0.561 bits per heavy atom. The number of rotatable bonds is 10. The zero-order valence-electron chi connectivity index (χ0n) is 22.4. The van der Waals surface area contributed by atoms with Crippen LogP contribution in [0.5, 0.6) is 0 Å². The average molecular weight is 539 g/mol. The summed E-state index contributed by atoms with van der Waals surface area (Å²) in [6.07, 6.45) is 0.176. The van der Waals surface area contributed by atoms with Gasteiger partial charge in [0.1, 0.15) is 11.5 Å². The van der Waals surface area contributed by atoms with Crippen molar-refractivity contribution < 1.29 is 14.4 Å². The highest BCUT2D eigenvalue weighted by atomic mass is 16.2. The van der Waals surface area contributed by atoms with E-state index in [9.17, 15) is 14.4 Å². The Kier molecular flexibility index (Phi) is 8.16. The molecule has 0 aliphatic rings. The van der Waals surface area contributed by atoms with Crippen LogP contribution in [-0.4, -0.2) is 23.6 Å². The predicted molar refractivity (Wildman–Crippen MR) is 160 cm³/mol. The average Bonchev–Trinajstić information content (AvgIpc) is 3.03. The number of nitrogens with two attached hydrogens (primary N) is 1. The Hall–Kier alpha value is -5.29. The molecule has 3 N–H and O–H groups in total. The second kappa shape index (κ2) is 12.3. The SMILES string of the molecule is NC(=O)[C@@H](Cc1ccc(C(=O)c2ccccc2)cc1)NC(=O)C(c1ccccc1)(c1ccccc1)c1ccccc1. The summed E-state index contributed by atoms with van der Waals surface area (Å²) in [4.78, 5) is 40.0. The molecule has 0 bridgehead atoms. The standard InChI is InChI=1S/C36H30N2O3/c37-34(40)32(25-26-21-23-28(24-22-26)33(39)27-13-5-1-6-14-27)38-35(41)36(29-15-7-2-8-16-29,30-17-9-3-10-18-30)31-19-11-4-12-20-31/h1-24,32H,25H2,(H2,37,40)(H,38,41)/t32-/m1/s1. The van der Waals surface area contributed by atoms with Crippen LogP contribution in [0, 0.1) is 0 Å². The van der Waals surface area contributed by atoms with E-state index in [2.05, 4.69) is 5.32 Å². The molecule has 0 aliphatic carbocycles. The van der Waals surface area contributed by atoms with E-state index in [0.717, 1.165) is 22.3 Å². The Labute approximate surface area is 239 Å². The summed E-state index contributed by atoms with van der Waals surface area (Å²) in [6, 6.07) is 43.7. The van der Waals surface area contributed by atoms with Crippen molar-refractivity contribution in [3.63, 3.8) is 0 Å². The fourth-order valence-corrected chi connectivity index (χ4v) is 5.23. The van der Waals surface area contributed by atoms with Crippen LogP contribution in [0.3, 0.4) is 0 Å². The number of carbonyl (C=O) groups is 3. The van der Waals surface area contributed by atoms with E-state index in [0.29, 0.717) is 11.1 Å². The molecule has 5 aromatic carbocycles. The van der Waals surface area contributed by atoms with Crippen LogP contribution in [-0.2, 0) is 21.4 Å². The summed E-state index contributed by atoms with van der Waals surface area (Å²) in [5.41, 5.74) is 8.81. The molecular formula is C36H30N2O3. The van der Waals surface area contributed by atoms with Crippen molar-refractivity contribution in [2.75, 3.05) is 0 Å². The number of carbonyl (C=O) groups excluding carboxylic acids is 3. The molecule has 1 atom stereocenters. The van der Waals surface area contributed by atoms with Gasteiger partial charge in [0.05, 0.1) is 0 Å². The Balaban J connectivity index is 1.48. The fraction of sp³-hybridized carbons (Fsp3) is 0.0833.